The molecule has 7 heteroatoms. The molecule has 0 atom stereocenters. The van der Waals surface area contributed by atoms with Crippen LogP contribution in [-0.4, -0.2) is 32.2 Å². The van der Waals surface area contributed by atoms with Gasteiger partial charge in [-0.3, -0.25) is 9.89 Å². The zero-order valence-corrected chi connectivity index (χ0v) is 10.9. The number of carbonyl (C=O) groups excluding carboxylic acids is 1. The van der Waals surface area contributed by atoms with E-state index in [4.69, 9.17) is 5.73 Å². The van der Waals surface area contributed by atoms with Gasteiger partial charge in [-0.25, -0.2) is 4.98 Å². The van der Waals surface area contributed by atoms with E-state index >= 15 is 0 Å². The van der Waals surface area contributed by atoms with Crippen LogP contribution in [0.15, 0.2) is 18.7 Å². The molecule has 0 aliphatic rings. The number of aromatic nitrogens is 4. The predicted molar refractivity (Wildman–Crippen MR) is 71.6 cm³/mol. The van der Waals surface area contributed by atoms with E-state index in [1.165, 1.54) is 0 Å². The number of aryl methyl sites for hydroxylation is 2. The van der Waals surface area contributed by atoms with Crippen molar-refractivity contribution < 1.29 is 4.79 Å². The molecule has 2 heterocycles. The topological polar surface area (TPSA) is 102 Å². The van der Waals surface area contributed by atoms with Gasteiger partial charge in [0.15, 0.2) is 5.69 Å². The van der Waals surface area contributed by atoms with Gasteiger partial charge in [-0.2, -0.15) is 5.10 Å². The minimum absolute atomic E-state index is 0.237. The van der Waals surface area contributed by atoms with Crippen molar-refractivity contribution in [3.8, 4) is 0 Å². The number of H-pyrrole nitrogens is 1. The Morgan fingerprint density at radius 2 is 2.42 bits per heavy atom. The van der Waals surface area contributed by atoms with Crippen LogP contribution in [0.5, 0.6) is 0 Å². The summed E-state index contributed by atoms with van der Waals surface area (Å²) in [6.45, 7) is 3.35. The monoisotopic (exact) mass is 262 g/mol. The molecule has 2 rings (SSSR count). The highest BCUT2D eigenvalue weighted by atomic mass is 16.1. The van der Waals surface area contributed by atoms with Crippen LogP contribution in [0.3, 0.4) is 0 Å². The van der Waals surface area contributed by atoms with Crippen LogP contribution in [0.1, 0.15) is 29.5 Å². The number of nitrogens with two attached hydrogens (primary N) is 1. The lowest BCUT2D eigenvalue weighted by Crippen LogP contribution is -2.26. The second kappa shape index (κ2) is 6.03. The highest BCUT2D eigenvalue weighted by Crippen LogP contribution is 2.13. The van der Waals surface area contributed by atoms with Gasteiger partial charge in [0.1, 0.15) is 0 Å². The summed E-state index contributed by atoms with van der Waals surface area (Å²) in [5, 5.41) is 9.51. The van der Waals surface area contributed by atoms with E-state index in [0.29, 0.717) is 12.2 Å². The Morgan fingerprint density at radius 1 is 1.58 bits per heavy atom. The molecule has 0 unspecified atom stereocenters. The molecule has 0 aliphatic heterocycles. The molecule has 19 heavy (non-hydrogen) atoms. The Balaban J connectivity index is 1.79. The molecule has 0 saturated heterocycles. The molecule has 0 spiro atoms. The van der Waals surface area contributed by atoms with E-state index in [1.807, 2.05) is 17.7 Å². The van der Waals surface area contributed by atoms with Gasteiger partial charge in [-0.1, -0.05) is 6.92 Å². The summed E-state index contributed by atoms with van der Waals surface area (Å²) in [5.41, 5.74) is 7.34. The van der Waals surface area contributed by atoms with Crippen molar-refractivity contribution >= 4 is 11.6 Å². The average Bonchev–Trinajstić information content (AvgIpc) is 3.03. The fourth-order valence-electron chi connectivity index (χ4n) is 1.80. The van der Waals surface area contributed by atoms with Crippen LogP contribution < -0.4 is 11.1 Å². The summed E-state index contributed by atoms with van der Waals surface area (Å²) in [7, 11) is 0. The lowest BCUT2D eigenvalue weighted by molar-refractivity contribution is 0.0948. The number of imidazole rings is 1. The van der Waals surface area contributed by atoms with Crippen LogP contribution in [-0.2, 0) is 13.0 Å². The standard InChI is InChI=1S/C12H18N6O/c1-2-9-10(13)11(17-16-9)12(19)15-4-3-6-18-7-5-14-8-18/h5,7-8H,2-4,6,13H2,1H3,(H,15,19)(H,16,17). The Morgan fingerprint density at radius 3 is 3.05 bits per heavy atom. The maximum absolute atomic E-state index is 11.9. The summed E-state index contributed by atoms with van der Waals surface area (Å²) >= 11 is 0. The van der Waals surface area contributed by atoms with Gasteiger partial charge in [0, 0.05) is 25.5 Å². The first-order chi connectivity index (χ1) is 9.22. The summed E-state index contributed by atoms with van der Waals surface area (Å²) in [5.74, 6) is -0.237. The minimum atomic E-state index is -0.237. The van der Waals surface area contributed by atoms with Crippen LogP contribution in [0.2, 0.25) is 0 Å². The normalized spacial score (nSPS) is 10.6. The first-order valence-corrected chi connectivity index (χ1v) is 6.29. The molecule has 1 amide bonds. The van der Waals surface area contributed by atoms with Crippen molar-refractivity contribution in [2.45, 2.75) is 26.3 Å². The fraction of sp³-hybridized carbons (Fsp3) is 0.417. The lowest BCUT2D eigenvalue weighted by atomic mass is 10.2. The number of nitrogens with zero attached hydrogens (tertiary/aromatic N) is 3. The zero-order chi connectivity index (χ0) is 13.7. The van der Waals surface area contributed by atoms with Crippen molar-refractivity contribution in [3.63, 3.8) is 0 Å². The Kier molecular flexibility index (Phi) is 4.17. The number of nitrogen functional groups attached to an aromatic ring is 1. The molecule has 0 bridgehead atoms. The minimum Gasteiger partial charge on any atom is -0.395 e. The molecule has 2 aromatic heterocycles. The summed E-state index contributed by atoms with van der Waals surface area (Å²) in [6, 6.07) is 0. The zero-order valence-electron chi connectivity index (χ0n) is 10.9. The fourth-order valence-corrected chi connectivity index (χ4v) is 1.80. The molecular weight excluding hydrogens is 244 g/mol. The molecule has 4 N–H and O–H groups in total. The number of rotatable bonds is 6. The summed E-state index contributed by atoms with van der Waals surface area (Å²) in [6.07, 6.45) is 6.93. The maximum atomic E-state index is 11.9. The van der Waals surface area contributed by atoms with E-state index in [9.17, 15) is 4.79 Å². The number of amides is 1. The number of hydrogen-bond donors (Lipinski definition) is 3. The van der Waals surface area contributed by atoms with Gasteiger partial charge in [-0.05, 0) is 12.8 Å². The van der Waals surface area contributed by atoms with Crippen molar-refractivity contribution in [2.75, 3.05) is 12.3 Å². The highest BCUT2D eigenvalue weighted by Gasteiger charge is 2.15. The van der Waals surface area contributed by atoms with Gasteiger partial charge < -0.3 is 15.6 Å². The molecule has 0 fully saturated rings. The van der Waals surface area contributed by atoms with Gasteiger partial charge in [0.2, 0.25) is 0 Å². The van der Waals surface area contributed by atoms with Crippen molar-refractivity contribution in [1.29, 1.82) is 0 Å². The molecular formula is C12H18N6O. The third kappa shape index (κ3) is 3.12. The van der Waals surface area contributed by atoms with Gasteiger partial charge >= 0.3 is 0 Å². The average molecular weight is 262 g/mol. The Labute approximate surface area is 111 Å². The smallest absolute Gasteiger partial charge is 0.273 e. The second-order valence-electron chi connectivity index (χ2n) is 4.23. The largest absolute Gasteiger partial charge is 0.395 e. The van der Waals surface area contributed by atoms with Crippen LogP contribution in [0.25, 0.3) is 0 Å². The first kappa shape index (κ1) is 13.1. The lowest BCUT2D eigenvalue weighted by Gasteiger charge is -2.04. The Bertz CT molecular complexity index is 530. The van der Waals surface area contributed by atoms with Crippen LogP contribution in [0.4, 0.5) is 5.69 Å². The SMILES string of the molecule is CCc1[nH]nc(C(=O)NCCCn2ccnc2)c1N. The van der Waals surface area contributed by atoms with E-state index < -0.39 is 0 Å². The number of anilines is 1. The van der Waals surface area contributed by atoms with E-state index in [1.54, 1.807) is 12.5 Å². The first-order valence-electron chi connectivity index (χ1n) is 6.29. The molecule has 2 aromatic rings. The third-order valence-corrected chi connectivity index (χ3v) is 2.89. The number of carbonyl (C=O) groups is 1. The third-order valence-electron chi connectivity index (χ3n) is 2.89. The molecule has 0 radical (unpaired) electrons. The van der Waals surface area contributed by atoms with Gasteiger partial charge in [0.25, 0.3) is 5.91 Å². The molecule has 0 aliphatic carbocycles. The number of nitrogens with one attached hydrogen (secondary N) is 2. The quantitative estimate of drug-likeness (QED) is 0.662. The van der Waals surface area contributed by atoms with Gasteiger partial charge in [-0.15, -0.1) is 0 Å². The van der Waals surface area contributed by atoms with Crippen LogP contribution in [0, 0.1) is 0 Å². The summed E-state index contributed by atoms with van der Waals surface area (Å²) < 4.78 is 1.96. The molecule has 102 valence electrons. The molecule has 0 aromatic carbocycles. The number of hydrogen-bond acceptors (Lipinski definition) is 4. The number of aromatic amines is 1. The van der Waals surface area contributed by atoms with E-state index in [0.717, 1.165) is 25.1 Å². The van der Waals surface area contributed by atoms with E-state index in [2.05, 4.69) is 20.5 Å². The predicted octanol–water partition coefficient (Wildman–Crippen LogP) is 0.571. The molecule has 7 nitrogen and oxygen atoms in total. The maximum Gasteiger partial charge on any atom is 0.273 e. The van der Waals surface area contributed by atoms with Crippen LogP contribution >= 0.6 is 0 Å². The second-order valence-corrected chi connectivity index (χ2v) is 4.23. The summed E-state index contributed by atoms with van der Waals surface area (Å²) in [4.78, 5) is 15.8. The van der Waals surface area contributed by atoms with Crippen molar-refractivity contribution in [3.05, 3.63) is 30.1 Å². The van der Waals surface area contributed by atoms with Gasteiger partial charge in [0.05, 0.1) is 17.7 Å². The Hall–Kier alpha value is -2.31. The molecule has 0 saturated carbocycles. The highest BCUT2D eigenvalue weighted by molar-refractivity contribution is 5.97. The van der Waals surface area contributed by atoms with Crippen molar-refractivity contribution in [1.82, 2.24) is 25.1 Å². The van der Waals surface area contributed by atoms with E-state index in [-0.39, 0.29) is 11.6 Å². The van der Waals surface area contributed by atoms with Crippen molar-refractivity contribution in [2.24, 2.45) is 0 Å².